The number of nitrogens with zero attached hydrogens (tertiary/aromatic N) is 3. The maximum Gasteiger partial charge on any atom is 0.244 e. The van der Waals surface area contributed by atoms with Gasteiger partial charge in [-0.25, -0.2) is 4.98 Å². The average molecular weight is 316 g/mol. The van der Waals surface area contributed by atoms with Gasteiger partial charge in [-0.05, 0) is 17.7 Å². The molecule has 0 aliphatic carbocycles. The van der Waals surface area contributed by atoms with E-state index in [9.17, 15) is 4.79 Å². The van der Waals surface area contributed by atoms with Crippen LogP contribution in [0.3, 0.4) is 0 Å². The van der Waals surface area contributed by atoms with Crippen LogP contribution in [0.5, 0.6) is 0 Å². The molecule has 1 fully saturated rings. The van der Waals surface area contributed by atoms with Crippen LogP contribution in [0.1, 0.15) is 5.56 Å². The quantitative estimate of drug-likeness (QED) is 0.917. The first-order valence-corrected chi connectivity index (χ1v) is 8.60. The Hall–Kier alpha value is -1.79. The van der Waals surface area contributed by atoms with E-state index in [0.717, 1.165) is 25.3 Å². The lowest BCUT2D eigenvalue weighted by Crippen LogP contribution is -2.31. The summed E-state index contributed by atoms with van der Waals surface area (Å²) in [5.74, 6) is 2.38. The molecule has 2 heterocycles. The van der Waals surface area contributed by atoms with Crippen molar-refractivity contribution in [2.75, 3.05) is 29.9 Å². The van der Waals surface area contributed by atoms with Gasteiger partial charge >= 0.3 is 0 Å². The fraction of sp³-hybridized carbons (Fsp3) is 0.375. The number of rotatable bonds is 5. The molecule has 1 aliphatic rings. The SMILES string of the molecule is O=C(Cn1ccnc1)Nc1cccc(CN2CCSCC2)c1. The van der Waals surface area contributed by atoms with Crippen LogP contribution >= 0.6 is 11.8 Å². The van der Waals surface area contributed by atoms with E-state index >= 15 is 0 Å². The Labute approximate surface area is 134 Å². The molecule has 3 rings (SSSR count). The van der Waals surface area contributed by atoms with Crippen molar-refractivity contribution in [2.24, 2.45) is 0 Å². The molecule has 0 unspecified atom stereocenters. The number of amides is 1. The van der Waals surface area contributed by atoms with Gasteiger partial charge in [-0.15, -0.1) is 0 Å². The number of carbonyl (C=O) groups excluding carboxylic acids is 1. The molecule has 0 spiro atoms. The summed E-state index contributed by atoms with van der Waals surface area (Å²) in [6.45, 7) is 3.52. The van der Waals surface area contributed by atoms with Crippen LogP contribution in [0, 0.1) is 0 Å². The van der Waals surface area contributed by atoms with Crippen molar-refractivity contribution in [3.05, 3.63) is 48.5 Å². The van der Waals surface area contributed by atoms with Gasteiger partial charge in [-0.2, -0.15) is 11.8 Å². The maximum absolute atomic E-state index is 12.0. The van der Waals surface area contributed by atoms with Crippen molar-refractivity contribution >= 4 is 23.4 Å². The fourth-order valence-corrected chi connectivity index (χ4v) is 3.49. The first-order valence-electron chi connectivity index (χ1n) is 7.44. The van der Waals surface area contributed by atoms with Crippen LogP contribution < -0.4 is 5.32 Å². The zero-order chi connectivity index (χ0) is 15.2. The summed E-state index contributed by atoms with van der Waals surface area (Å²) < 4.78 is 1.75. The van der Waals surface area contributed by atoms with E-state index in [2.05, 4.69) is 27.3 Å². The molecular weight excluding hydrogens is 296 g/mol. The smallest absolute Gasteiger partial charge is 0.244 e. The molecule has 0 saturated carbocycles. The highest BCUT2D eigenvalue weighted by molar-refractivity contribution is 7.99. The Morgan fingerprint density at radius 2 is 2.18 bits per heavy atom. The Kier molecular flexibility index (Phi) is 5.13. The second-order valence-corrected chi connectivity index (χ2v) is 6.60. The number of aromatic nitrogens is 2. The van der Waals surface area contributed by atoms with Crippen LogP contribution in [0.4, 0.5) is 5.69 Å². The monoisotopic (exact) mass is 316 g/mol. The van der Waals surface area contributed by atoms with Crippen molar-refractivity contribution in [3.8, 4) is 0 Å². The molecule has 0 radical (unpaired) electrons. The topological polar surface area (TPSA) is 50.2 Å². The summed E-state index contributed by atoms with van der Waals surface area (Å²) in [5, 5.41) is 2.95. The van der Waals surface area contributed by atoms with E-state index in [4.69, 9.17) is 0 Å². The van der Waals surface area contributed by atoms with Crippen LogP contribution in [-0.4, -0.2) is 45.0 Å². The van der Waals surface area contributed by atoms with Gasteiger partial charge in [0, 0.05) is 49.2 Å². The first-order chi connectivity index (χ1) is 10.8. The summed E-state index contributed by atoms with van der Waals surface area (Å²) in [4.78, 5) is 18.4. The van der Waals surface area contributed by atoms with Crippen molar-refractivity contribution in [1.82, 2.24) is 14.5 Å². The second kappa shape index (κ2) is 7.47. The van der Waals surface area contributed by atoms with Gasteiger partial charge in [0.15, 0.2) is 0 Å². The normalized spacial score (nSPS) is 15.6. The molecule has 22 heavy (non-hydrogen) atoms. The zero-order valence-electron chi connectivity index (χ0n) is 12.4. The number of benzene rings is 1. The van der Waals surface area contributed by atoms with Crippen molar-refractivity contribution in [3.63, 3.8) is 0 Å². The van der Waals surface area contributed by atoms with E-state index in [-0.39, 0.29) is 12.5 Å². The minimum atomic E-state index is -0.0375. The minimum absolute atomic E-state index is 0.0375. The van der Waals surface area contributed by atoms with E-state index in [1.165, 1.54) is 17.1 Å². The van der Waals surface area contributed by atoms with Crippen LogP contribution in [0.25, 0.3) is 0 Å². The molecular formula is C16H20N4OS. The molecule has 1 N–H and O–H groups in total. The number of hydrogen-bond acceptors (Lipinski definition) is 4. The van der Waals surface area contributed by atoms with E-state index in [0.29, 0.717) is 0 Å². The predicted molar refractivity (Wildman–Crippen MR) is 89.9 cm³/mol. The molecule has 1 aromatic heterocycles. The fourth-order valence-electron chi connectivity index (χ4n) is 2.51. The van der Waals surface area contributed by atoms with Crippen molar-refractivity contribution in [1.29, 1.82) is 0 Å². The average Bonchev–Trinajstić information content (AvgIpc) is 3.01. The van der Waals surface area contributed by atoms with E-state index in [1.54, 1.807) is 23.3 Å². The minimum Gasteiger partial charge on any atom is -0.328 e. The maximum atomic E-state index is 12.0. The molecule has 6 heteroatoms. The molecule has 0 bridgehead atoms. The van der Waals surface area contributed by atoms with Crippen molar-refractivity contribution in [2.45, 2.75) is 13.1 Å². The third-order valence-corrected chi connectivity index (χ3v) is 4.55. The molecule has 2 aromatic rings. The standard InChI is InChI=1S/C16H20N4OS/c21-16(12-20-5-4-17-13-20)18-15-3-1-2-14(10-15)11-19-6-8-22-9-7-19/h1-5,10,13H,6-9,11-12H2,(H,18,21). The summed E-state index contributed by atoms with van der Waals surface area (Å²) in [7, 11) is 0. The number of thioether (sulfide) groups is 1. The molecule has 0 atom stereocenters. The Bertz CT molecular complexity index is 608. The highest BCUT2D eigenvalue weighted by atomic mass is 32.2. The third kappa shape index (κ3) is 4.35. The number of anilines is 1. The summed E-state index contributed by atoms with van der Waals surface area (Å²) in [5.41, 5.74) is 2.10. The van der Waals surface area contributed by atoms with Gasteiger partial charge in [0.25, 0.3) is 0 Å². The van der Waals surface area contributed by atoms with Gasteiger partial charge in [0.05, 0.1) is 6.33 Å². The summed E-state index contributed by atoms with van der Waals surface area (Å²) >= 11 is 2.02. The lowest BCUT2D eigenvalue weighted by molar-refractivity contribution is -0.116. The number of imidazole rings is 1. The largest absolute Gasteiger partial charge is 0.328 e. The van der Waals surface area contributed by atoms with Gasteiger partial charge in [0.1, 0.15) is 6.54 Å². The Balaban J connectivity index is 1.57. The van der Waals surface area contributed by atoms with Crippen molar-refractivity contribution < 1.29 is 4.79 Å². The lowest BCUT2D eigenvalue weighted by atomic mass is 10.2. The summed E-state index contributed by atoms with van der Waals surface area (Å²) in [6.07, 6.45) is 5.10. The molecule has 1 aliphatic heterocycles. The van der Waals surface area contributed by atoms with Gasteiger partial charge in [-0.3, -0.25) is 9.69 Å². The van der Waals surface area contributed by atoms with Crippen LogP contribution in [-0.2, 0) is 17.9 Å². The molecule has 5 nitrogen and oxygen atoms in total. The highest BCUT2D eigenvalue weighted by Crippen LogP contribution is 2.16. The van der Waals surface area contributed by atoms with E-state index in [1.807, 2.05) is 23.9 Å². The molecule has 116 valence electrons. The number of hydrogen-bond donors (Lipinski definition) is 1. The van der Waals surface area contributed by atoms with Gasteiger partial charge in [0.2, 0.25) is 5.91 Å². The molecule has 1 amide bonds. The molecule has 1 aromatic carbocycles. The Morgan fingerprint density at radius 3 is 2.95 bits per heavy atom. The van der Waals surface area contributed by atoms with Crippen LogP contribution in [0.15, 0.2) is 43.0 Å². The zero-order valence-corrected chi connectivity index (χ0v) is 13.3. The summed E-state index contributed by atoms with van der Waals surface area (Å²) in [6, 6.07) is 8.11. The third-order valence-electron chi connectivity index (χ3n) is 3.61. The molecule has 1 saturated heterocycles. The van der Waals surface area contributed by atoms with Crippen LogP contribution in [0.2, 0.25) is 0 Å². The number of carbonyl (C=O) groups is 1. The first kappa shape index (κ1) is 15.1. The lowest BCUT2D eigenvalue weighted by Gasteiger charge is -2.26. The Morgan fingerprint density at radius 1 is 1.32 bits per heavy atom. The highest BCUT2D eigenvalue weighted by Gasteiger charge is 2.11. The van der Waals surface area contributed by atoms with Gasteiger partial charge in [-0.1, -0.05) is 12.1 Å². The second-order valence-electron chi connectivity index (χ2n) is 5.37. The predicted octanol–water partition coefficient (Wildman–Crippen LogP) is 2.07. The van der Waals surface area contributed by atoms with Gasteiger partial charge < -0.3 is 9.88 Å². The van der Waals surface area contributed by atoms with E-state index < -0.39 is 0 Å². The number of nitrogens with one attached hydrogen (secondary N) is 1.